The average Bonchev–Trinajstić information content (AvgIpc) is 3.49. The Morgan fingerprint density at radius 1 is 0.939 bits per heavy atom. The van der Waals surface area contributed by atoms with E-state index in [1.807, 2.05) is 4.72 Å². The van der Waals surface area contributed by atoms with E-state index in [4.69, 9.17) is 9.47 Å². The van der Waals surface area contributed by atoms with Crippen LogP contribution in [0.25, 0.3) is 0 Å². The van der Waals surface area contributed by atoms with E-state index < -0.39 is 82.0 Å². The Labute approximate surface area is 284 Å². The fourth-order valence-corrected chi connectivity index (χ4v) is 6.56. The molecule has 12 nitrogen and oxygen atoms in total. The van der Waals surface area contributed by atoms with E-state index in [1.165, 1.54) is 36.3 Å². The Balaban J connectivity index is 1.72. The van der Waals surface area contributed by atoms with Crippen LogP contribution in [0.1, 0.15) is 57.2 Å². The minimum absolute atomic E-state index is 0.0376. The molecule has 2 aromatic rings. The first-order valence-electron chi connectivity index (χ1n) is 15.6. The summed E-state index contributed by atoms with van der Waals surface area (Å²) in [7, 11) is -2.88. The van der Waals surface area contributed by atoms with E-state index in [-0.39, 0.29) is 12.0 Å². The molecule has 4 amide bonds. The summed E-state index contributed by atoms with van der Waals surface area (Å²) < 4.78 is 76.6. The van der Waals surface area contributed by atoms with Crippen molar-refractivity contribution in [3.63, 3.8) is 0 Å². The molecule has 0 unspecified atom stereocenters. The number of benzene rings is 2. The fraction of sp³-hybridized carbons (Fsp3) is 0.515. The third-order valence-corrected chi connectivity index (χ3v) is 8.97. The highest BCUT2D eigenvalue weighted by molar-refractivity contribution is 7.89. The molecule has 0 aliphatic carbocycles. The minimum Gasteiger partial charge on any atom is -0.444 e. The summed E-state index contributed by atoms with van der Waals surface area (Å²) in [5, 5.41) is 4.39. The number of amides is 4. The van der Waals surface area contributed by atoms with Crippen LogP contribution in [-0.4, -0.2) is 80.8 Å². The van der Waals surface area contributed by atoms with Gasteiger partial charge in [-0.3, -0.25) is 19.1 Å². The van der Waals surface area contributed by atoms with Gasteiger partial charge in [0.15, 0.2) is 0 Å². The summed E-state index contributed by atoms with van der Waals surface area (Å²) in [4.78, 5) is 52.5. The maximum Gasteiger partial charge on any atom is 0.471 e. The van der Waals surface area contributed by atoms with Gasteiger partial charge in [0, 0.05) is 26.6 Å². The predicted octanol–water partition coefficient (Wildman–Crippen LogP) is 3.59. The highest BCUT2D eigenvalue weighted by atomic mass is 32.2. The molecule has 1 heterocycles. The van der Waals surface area contributed by atoms with E-state index >= 15 is 0 Å². The van der Waals surface area contributed by atoms with Crippen molar-refractivity contribution >= 4 is 33.8 Å². The number of carbonyl (C=O) groups excluding carboxylic acids is 4. The molecule has 3 N–H and O–H groups in total. The van der Waals surface area contributed by atoms with Crippen molar-refractivity contribution in [3.8, 4) is 0 Å². The maximum atomic E-state index is 13.6. The Bertz CT molecular complexity index is 1560. The number of hydrogen-bond acceptors (Lipinski definition) is 8. The molecule has 49 heavy (non-hydrogen) atoms. The smallest absolute Gasteiger partial charge is 0.444 e. The second-order valence-corrected chi connectivity index (χ2v) is 14.6. The largest absolute Gasteiger partial charge is 0.471 e. The number of nitrogens with zero attached hydrogens (tertiary/aromatic N) is 1. The van der Waals surface area contributed by atoms with Gasteiger partial charge in [0.25, 0.3) is 5.91 Å². The SMILES string of the molecule is CO[C@H]([C@@H](C)C(=O)N[C@@H](Cc1ccccc1)C(=O)NS(=O)(=O)Cc1ccc(CNC(=O)C(F)(F)F)cc1)[C@@H]1CCCN1C(=O)OC(C)(C)C. The predicted molar refractivity (Wildman–Crippen MR) is 173 cm³/mol. The van der Waals surface area contributed by atoms with Crippen LogP contribution in [-0.2, 0) is 52.6 Å². The zero-order chi connectivity index (χ0) is 36.6. The number of hydrogen-bond donors (Lipinski definition) is 3. The first-order chi connectivity index (χ1) is 22.8. The lowest BCUT2D eigenvalue weighted by molar-refractivity contribution is -0.173. The molecule has 0 bridgehead atoms. The Morgan fingerprint density at radius 3 is 2.12 bits per heavy atom. The number of nitrogens with one attached hydrogen (secondary N) is 3. The molecular weight excluding hydrogens is 669 g/mol. The van der Waals surface area contributed by atoms with Crippen molar-refractivity contribution in [2.45, 2.75) is 89.2 Å². The van der Waals surface area contributed by atoms with Crippen molar-refractivity contribution in [3.05, 3.63) is 71.3 Å². The highest BCUT2D eigenvalue weighted by Crippen LogP contribution is 2.28. The normalized spacial score (nSPS) is 17.1. The van der Waals surface area contributed by atoms with Gasteiger partial charge in [-0.2, -0.15) is 13.2 Å². The molecule has 0 saturated carbocycles. The quantitative estimate of drug-likeness (QED) is 0.284. The van der Waals surface area contributed by atoms with Crippen LogP contribution in [0.2, 0.25) is 0 Å². The molecule has 0 radical (unpaired) electrons. The molecule has 1 aliphatic heterocycles. The standard InChI is InChI=1S/C33H43F3N4O8S/c1-21(27(47-5)26-12-9-17-40(26)31(44)48-32(2,3)4)28(41)38-25(18-22-10-7-6-8-11-22)29(42)39-49(45,46)20-24-15-13-23(14-16-24)19-37-30(43)33(34,35)36/h6-8,10-11,13-16,21,25-27H,9,12,17-20H2,1-5H3,(H,37,43)(H,38,41)(H,39,42)/t21-,25+,26+,27-/m1/s1. The lowest BCUT2D eigenvalue weighted by Gasteiger charge is -2.35. The second kappa shape index (κ2) is 16.5. The number of alkyl halides is 3. The highest BCUT2D eigenvalue weighted by Gasteiger charge is 2.42. The van der Waals surface area contributed by atoms with Crippen LogP contribution >= 0.6 is 0 Å². The van der Waals surface area contributed by atoms with Gasteiger partial charge in [0.2, 0.25) is 15.9 Å². The van der Waals surface area contributed by atoms with E-state index in [0.717, 1.165) is 0 Å². The first kappa shape index (κ1) is 39.3. The van der Waals surface area contributed by atoms with Crippen LogP contribution in [0.3, 0.4) is 0 Å². The Hall–Kier alpha value is -4.18. The fourth-order valence-electron chi connectivity index (χ4n) is 5.40. The minimum atomic E-state index is -5.04. The summed E-state index contributed by atoms with van der Waals surface area (Å²) in [5.41, 5.74) is 0.439. The molecule has 1 fully saturated rings. The number of likely N-dealkylation sites (tertiary alicyclic amines) is 1. The van der Waals surface area contributed by atoms with Crippen molar-refractivity contribution in [1.29, 1.82) is 0 Å². The molecule has 1 aliphatic rings. The number of carbonyl (C=O) groups is 4. The van der Waals surface area contributed by atoms with Gasteiger partial charge >= 0.3 is 18.2 Å². The number of halogens is 3. The van der Waals surface area contributed by atoms with Gasteiger partial charge in [0.1, 0.15) is 11.6 Å². The molecule has 16 heteroatoms. The van der Waals surface area contributed by atoms with Crippen LogP contribution in [0, 0.1) is 5.92 Å². The van der Waals surface area contributed by atoms with Gasteiger partial charge in [-0.25, -0.2) is 13.2 Å². The van der Waals surface area contributed by atoms with Gasteiger partial charge in [0.05, 0.1) is 23.8 Å². The molecule has 2 aromatic carbocycles. The maximum absolute atomic E-state index is 13.6. The third-order valence-electron chi connectivity index (χ3n) is 7.75. The van der Waals surface area contributed by atoms with Gasteiger partial charge in [-0.1, -0.05) is 61.5 Å². The molecular formula is C33H43F3N4O8S. The number of rotatable bonds is 13. The van der Waals surface area contributed by atoms with Crippen molar-refractivity contribution < 1.29 is 50.2 Å². The van der Waals surface area contributed by atoms with Gasteiger partial charge in [-0.05, 0) is 50.3 Å². The summed E-state index contributed by atoms with van der Waals surface area (Å²) in [6.45, 7) is 6.85. The Kier molecular flexibility index (Phi) is 13.2. The summed E-state index contributed by atoms with van der Waals surface area (Å²) in [6, 6.07) is 12.3. The molecule has 3 rings (SSSR count). The lowest BCUT2D eigenvalue weighted by Crippen LogP contribution is -2.54. The zero-order valence-electron chi connectivity index (χ0n) is 28.0. The van der Waals surface area contributed by atoms with Crippen molar-refractivity contribution in [2.75, 3.05) is 13.7 Å². The summed E-state index contributed by atoms with van der Waals surface area (Å²) in [6.07, 6.45) is -5.13. The number of ether oxygens (including phenoxy) is 2. The molecule has 1 saturated heterocycles. The lowest BCUT2D eigenvalue weighted by atomic mass is 9.94. The molecule has 4 atom stereocenters. The first-order valence-corrected chi connectivity index (χ1v) is 17.3. The van der Waals surface area contributed by atoms with Crippen LogP contribution in [0.5, 0.6) is 0 Å². The number of sulfonamides is 1. The van der Waals surface area contributed by atoms with E-state index in [9.17, 15) is 40.8 Å². The number of methoxy groups -OCH3 is 1. The van der Waals surface area contributed by atoms with Crippen LogP contribution in [0.4, 0.5) is 18.0 Å². The average molecular weight is 713 g/mol. The monoisotopic (exact) mass is 712 g/mol. The molecule has 270 valence electrons. The van der Waals surface area contributed by atoms with Crippen LogP contribution < -0.4 is 15.4 Å². The van der Waals surface area contributed by atoms with E-state index in [0.29, 0.717) is 30.5 Å². The van der Waals surface area contributed by atoms with Crippen LogP contribution in [0.15, 0.2) is 54.6 Å². The molecule has 0 spiro atoms. The van der Waals surface area contributed by atoms with Gasteiger partial charge < -0.3 is 25.0 Å². The van der Waals surface area contributed by atoms with Crippen molar-refractivity contribution in [2.24, 2.45) is 5.92 Å². The molecule has 0 aromatic heterocycles. The zero-order valence-corrected chi connectivity index (χ0v) is 28.8. The van der Waals surface area contributed by atoms with E-state index in [2.05, 4.69) is 5.32 Å². The summed E-state index contributed by atoms with van der Waals surface area (Å²) >= 11 is 0. The van der Waals surface area contributed by atoms with Crippen molar-refractivity contribution in [1.82, 2.24) is 20.3 Å². The second-order valence-electron chi connectivity index (χ2n) is 12.8. The van der Waals surface area contributed by atoms with Gasteiger partial charge in [-0.15, -0.1) is 0 Å². The topological polar surface area (TPSA) is 160 Å². The Morgan fingerprint density at radius 2 is 1.55 bits per heavy atom. The van der Waals surface area contributed by atoms with E-state index in [1.54, 1.807) is 63.3 Å². The summed E-state index contributed by atoms with van der Waals surface area (Å²) in [5.74, 6) is -5.19. The third kappa shape index (κ3) is 12.0.